The second kappa shape index (κ2) is 5.91. The summed E-state index contributed by atoms with van der Waals surface area (Å²) >= 11 is 0. The van der Waals surface area contributed by atoms with Gasteiger partial charge in [0.05, 0.1) is 0 Å². The van der Waals surface area contributed by atoms with Gasteiger partial charge in [-0.15, -0.1) is 0 Å². The Morgan fingerprint density at radius 3 is 2.63 bits per heavy atom. The van der Waals surface area contributed by atoms with Gasteiger partial charge in [-0.05, 0) is 30.9 Å². The van der Waals surface area contributed by atoms with Gasteiger partial charge in [-0.1, -0.05) is 26.2 Å². The average Bonchev–Trinajstić information content (AvgIpc) is 2.89. The molecule has 0 aliphatic heterocycles. The van der Waals surface area contributed by atoms with Gasteiger partial charge < -0.3 is 14.8 Å². The van der Waals surface area contributed by atoms with Crippen molar-refractivity contribution in [2.45, 2.75) is 45.1 Å². The van der Waals surface area contributed by atoms with Crippen LogP contribution in [-0.2, 0) is 0 Å². The van der Waals surface area contributed by atoms with Gasteiger partial charge in [-0.25, -0.2) is 4.79 Å². The van der Waals surface area contributed by atoms with E-state index in [-0.39, 0.29) is 23.5 Å². The molecule has 0 bridgehead atoms. The van der Waals surface area contributed by atoms with Gasteiger partial charge in [0, 0.05) is 6.04 Å². The molecule has 1 aromatic rings. The molecule has 2 N–H and O–H groups in total. The molecule has 2 rings (SSSR count). The van der Waals surface area contributed by atoms with Gasteiger partial charge >= 0.3 is 5.97 Å². The standard InChI is InChI=1S/C14H19NO4/c1-2-9-5-3-4-6-10(9)15-13(16)11-7-8-12(19-11)14(17)18/h7-10H,2-6H2,1H3,(H,15,16)(H,17,18). The summed E-state index contributed by atoms with van der Waals surface area (Å²) in [6.45, 7) is 2.13. The molecular formula is C14H19NO4. The summed E-state index contributed by atoms with van der Waals surface area (Å²) in [4.78, 5) is 22.7. The van der Waals surface area contributed by atoms with Crippen molar-refractivity contribution >= 4 is 11.9 Å². The predicted octanol–water partition coefficient (Wildman–Crippen LogP) is 2.68. The lowest BCUT2D eigenvalue weighted by molar-refractivity contribution is 0.0659. The lowest BCUT2D eigenvalue weighted by Gasteiger charge is -2.31. The van der Waals surface area contributed by atoms with Crippen molar-refractivity contribution in [1.29, 1.82) is 0 Å². The highest BCUT2D eigenvalue weighted by atomic mass is 16.4. The van der Waals surface area contributed by atoms with Gasteiger partial charge in [0.25, 0.3) is 5.91 Å². The first-order valence-corrected chi connectivity index (χ1v) is 6.75. The summed E-state index contributed by atoms with van der Waals surface area (Å²) < 4.78 is 5.01. The summed E-state index contributed by atoms with van der Waals surface area (Å²) in [5.74, 6) is -1.12. The Bertz CT molecular complexity index is 466. The zero-order chi connectivity index (χ0) is 13.8. The zero-order valence-electron chi connectivity index (χ0n) is 11.0. The molecule has 1 heterocycles. The summed E-state index contributed by atoms with van der Waals surface area (Å²) in [5, 5.41) is 11.7. The first-order valence-electron chi connectivity index (χ1n) is 6.75. The van der Waals surface area contributed by atoms with Crippen LogP contribution in [0.5, 0.6) is 0 Å². The fourth-order valence-electron chi connectivity index (χ4n) is 2.70. The van der Waals surface area contributed by atoms with E-state index in [1.807, 2.05) is 0 Å². The third kappa shape index (κ3) is 3.16. The van der Waals surface area contributed by atoms with Crippen molar-refractivity contribution in [2.24, 2.45) is 5.92 Å². The van der Waals surface area contributed by atoms with E-state index in [2.05, 4.69) is 12.2 Å². The summed E-state index contributed by atoms with van der Waals surface area (Å²) in [7, 11) is 0. The molecule has 5 nitrogen and oxygen atoms in total. The largest absolute Gasteiger partial charge is 0.475 e. The van der Waals surface area contributed by atoms with E-state index >= 15 is 0 Å². The van der Waals surface area contributed by atoms with Crippen molar-refractivity contribution in [3.8, 4) is 0 Å². The van der Waals surface area contributed by atoms with E-state index in [0.717, 1.165) is 25.7 Å². The first kappa shape index (κ1) is 13.6. The van der Waals surface area contributed by atoms with Gasteiger partial charge in [-0.2, -0.15) is 0 Å². The van der Waals surface area contributed by atoms with E-state index in [1.165, 1.54) is 18.6 Å². The van der Waals surface area contributed by atoms with Crippen LogP contribution in [0.1, 0.15) is 60.1 Å². The van der Waals surface area contributed by atoms with Crippen LogP contribution in [0.4, 0.5) is 0 Å². The molecule has 104 valence electrons. The highest BCUT2D eigenvalue weighted by Crippen LogP contribution is 2.27. The third-order valence-electron chi connectivity index (χ3n) is 3.79. The molecule has 1 saturated carbocycles. The minimum Gasteiger partial charge on any atom is -0.475 e. The number of carbonyl (C=O) groups is 2. The van der Waals surface area contributed by atoms with Crippen LogP contribution in [-0.4, -0.2) is 23.0 Å². The predicted molar refractivity (Wildman–Crippen MR) is 69.2 cm³/mol. The number of hydrogen-bond donors (Lipinski definition) is 2. The molecule has 1 aliphatic carbocycles. The SMILES string of the molecule is CCC1CCCCC1NC(=O)c1ccc(C(=O)O)o1. The molecule has 0 saturated heterocycles. The molecule has 1 fully saturated rings. The van der Waals surface area contributed by atoms with E-state index in [0.29, 0.717) is 5.92 Å². The number of furan rings is 1. The normalized spacial score (nSPS) is 23.0. The lowest BCUT2D eigenvalue weighted by atomic mass is 9.83. The molecule has 0 spiro atoms. The molecule has 19 heavy (non-hydrogen) atoms. The maximum atomic E-state index is 12.0. The quantitative estimate of drug-likeness (QED) is 0.877. The highest BCUT2D eigenvalue weighted by molar-refractivity contribution is 5.93. The van der Waals surface area contributed by atoms with Crippen LogP contribution >= 0.6 is 0 Å². The van der Waals surface area contributed by atoms with E-state index < -0.39 is 5.97 Å². The minimum atomic E-state index is -1.16. The Hall–Kier alpha value is -1.78. The molecular weight excluding hydrogens is 246 g/mol. The third-order valence-corrected chi connectivity index (χ3v) is 3.79. The Labute approximate surface area is 112 Å². The van der Waals surface area contributed by atoms with Crippen LogP contribution in [0, 0.1) is 5.92 Å². The van der Waals surface area contributed by atoms with E-state index in [4.69, 9.17) is 9.52 Å². The Balaban J connectivity index is 2.01. The summed E-state index contributed by atoms with van der Waals surface area (Å²) in [5.41, 5.74) is 0. The smallest absolute Gasteiger partial charge is 0.371 e. The number of carboxylic acids is 1. The van der Waals surface area contributed by atoms with Crippen LogP contribution in [0.25, 0.3) is 0 Å². The number of carboxylic acid groups (broad SMARTS) is 1. The topological polar surface area (TPSA) is 79.5 Å². The van der Waals surface area contributed by atoms with Crippen LogP contribution in [0.15, 0.2) is 16.5 Å². The number of nitrogens with one attached hydrogen (secondary N) is 1. The number of rotatable bonds is 4. The van der Waals surface area contributed by atoms with Gasteiger partial charge in [0.15, 0.2) is 5.76 Å². The second-order valence-electron chi connectivity index (χ2n) is 5.00. The fourth-order valence-corrected chi connectivity index (χ4v) is 2.70. The van der Waals surface area contributed by atoms with E-state index in [1.54, 1.807) is 0 Å². The van der Waals surface area contributed by atoms with Crippen molar-refractivity contribution in [3.63, 3.8) is 0 Å². The van der Waals surface area contributed by atoms with Crippen LogP contribution < -0.4 is 5.32 Å². The summed E-state index contributed by atoms with van der Waals surface area (Å²) in [6, 6.07) is 2.88. The monoisotopic (exact) mass is 265 g/mol. The molecule has 5 heteroatoms. The first-order chi connectivity index (χ1) is 9.11. The second-order valence-corrected chi connectivity index (χ2v) is 5.00. The van der Waals surface area contributed by atoms with Crippen molar-refractivity contribution in [2.75, 3.05) is 0 Å². The van der Waals surface area contributed by atoms with Crippen molar-refractivity contribution in [3.05, 3.63) is 23.7 Å². The minimum absolute atomic E-state index is 0.0674. The van der Waals surface area contributed by atoms with Crippen LogP contribution in [0.3, 0.4) is 0 Å². The van der Waals surface area contributed by atoms with Gasteiger partial charge in [0.2, 0.25) is 5.76 Å². The van der Waals surface area contributed by atoms with E-state index in [9.17, 15) is 9.59 Å². The molecule has 2 atom stereocenters. The number of carbonyl (C=O) groups excluding carboxylic acids is 1. The summed E-state index contributed by atoms with van der Waals surface area (Å²) in [6.07, 6.45) is 5.51. The van der Waals surface area contributed by atoms with Gasteiger partial charge in [0.1, 0.15) is 0 Å². The Kier molecular flexibility index (Phi) is 4.24. The molecule has 1 aliphatic rings. The maximum Gasteiger partial charge on any atom is 0.371 e. The van der Waals surface area contributed by atoms with Crippen LogP contribution in [0.2, 0.25) is 0 Å². The Morgan fingerprint density at radius 2 is 2.00 bits per heavy atom. The number of amides is 1. The molecule has 0 aromatic carbocycles. The molecule has 1 amide bonds. The number of hydrogen-bond acceptors (Lipinski definition) is 3. The fraction of sp³-hybridized carbons (Fsp3) is 0.571. The average molecular weight is 265 g/mol. The van der Waals surface area contributed by atoms with Gasteiger partial charge in [-0.3, -0.25) is 4.79 Å². The maximum absolute atomic E-state index is 12.0. The highest BCUT2D eigenvalue weighted by Gasteiger charge is 2.26. The zero-order valence-corrected chi connectivity index (χ0v) is 11.0. The molecule has 0 radical (unpaired) electrons. The molecule has 2 unspecified atom stereocenters. The van der Waals surface area contributed by atoms with Crippen molar-refractivity contribution < 1.29 is 19.1 Å². The van der Waals surface area contributed by atoms with Crippen molar-refractivity contribution in [1.82, 2.24) is 5.32 Å². The molecule has 1 aromatic heterocycles. The lowest BCUT2D eigenvalue weighted by Crippen LogP contribution is -2.41. The number of aromatic carboxylic acids is 1. The Morgan fingerprint density at radius 1 is 1.32 bits per heavy atom.